The first-order chi connectivity index (χ1) is 9.90. The van der Waals surface area contributed by atoms with Crippen LogP contribution in [-0.2, 0) is 23.8 Å². The van der Waals surface area contributed by atoms with Crippen molar-refractivity contribution in [3.63, 3.8) is 0 Å². The zero-order valence-corrected chi connectivity index (χ0v) is 11.4. The molecule has 0 bridgehead atoms. The molecule has 0 aliphatic carbocycles. The number of hydrogen-bond donors (Lipinski definition) is 4. The van der Waals surface area contributed by atoms with E-state index in [9.17, 15) is 19.8 Å². The van der Waals surface area contributed by atoms with Crippen molar-refractivity contribution in [2.24, 2.45) is 0 Å². The van der Waals surface area contributed by atoms with E-state index >= 15 is 0 Å². The molecule has 9 nitrogen and oxygen atoms in total. The molecular weight excluding hydrogens is 288 g/mol. The number of aliphatic hydroxyl groups excluding tert-OH is 4. The van der Waals surface area contributed by atoms with E-state index in [0.29, 0.717) is 0 Å². The summed E-state index contributed by atoms with van der Waals surface area (Å²) in [6, 6.07) is 0. The van der Waals surface area contributed by atoms with Gasteiger partial charge in [0.25, 0.3) is 0 Å². The summed E-state index contributed by atoms with van der Waals surface area (Å²) in [4.78, 5) is 22.3. The highest BCUT2D eigenvalue weighted by Gasteiger charge is 2.41. The molecule has 120 valence electrons. The standard InChI is InChI=1S/C12H18O9/c1-2-8(16)19-5-7(15)10-11(9(17)12(18)21-10)20-4-6(14)3-13/h6-7,10,13-15,17H,2-5H2,1H3. The summed E-state index contributed by atoms with van der Waals surface area (Å²) in [7, 11) is 0. The van der Waals surface area contributed by atoms with E-state index in [-0.39, 0.29) is 12.2 Å². The molecule has 4 N–H and O–H groups in total. The van der Waals surface area contributed by atoms with Crippen molar-refractivity contribution in [3.05, 3.63) is 11.5 Å². The lowest BCUT2D eigenvalue weighted by Gasteiger charge is -2.20. The number of esters is 2. The number of ether oxygens (including phenoxy) is 3. The van der Waals surface area contributed by atoms with Gasteiger partial charge in [-0.15, -0.1) is 0 Å². The molecule has 1 aliphatic heterocycles. The lowest BCUT2D eigenvalue weighted by molar-refractivity contribution is -0.154. The van der Waals surface area contributed by atoms with Gasteiger partial charge < -0.3 is 34.6 Å². The van der Waals surface area contributed by atoms with Crippen LogP contribution in [0.4, 0.5) is 0 Å². The zero-order chi connectivity index (χ0) is 16.0. The number of carbonyl (C=O) groups excluding carboxylic acids is 2. The van der Waals surface area contributed by atoms with Crippen LogP contribution in [0.15, 0.2) is 11.5 Å². The minimum Gasteiger partial charge on any atom is -0.499 e. The summed E-state index contributed by atoms with van der Waals surface area (Å²) < 4.78 is 14.4. The van der Waals surface area contributed by atoms with Crippen LogP contribution in [0.3, 0.4) is 0 Å². The van der Waals surface area contributed by atoms with Crippen LogP contribution in [0.25, 0.3) is 0 Å². The van der Waals surface area contributed by atoms with Crippen LogP contribution in [0.2, 0.25) is 0 Å². The molecule has 0 spiro atoms. The van der Waals surface area contributed by atoms with Gasteiger partial charge in [-0.1, -0.05) is 6.92 Å². The monoisotopic (exact) mass is 306 g/mol. The van der Waals surface area contributed by atoms with Crippen LogP contribution in [0.5, 0.6) is 0 Å². The molecule has 9 heteroatoms. The third-order valence-electron chi connectivity index (χ3n) is 2.61. The van der Waals surface area contributed by atoms with Crippen LogP contribution in [-0.4, -0.2) is 70.5 Å². The first-order valence-electron chi connectivity index (χ1n) is 6.30. The van der Waals surface area contributed by atoms with E-state index in [1.807, 2.05) is 0 Å². The lowest BCUT2D eigenvalue weighted by atomic mass is 10.2. The van der Waals surface area contributed by atoms with E-state index in [0.717, 1.165) is 0 Å². The van der Waals surface area contributed by atoms with Crippen LogP contribution >= 0.6 is 0 Å². The summed E-state index contributed by atoms with van der Waals surface area (Å²) in [6.07, 6.45) is -3.90. The minimum atomic E-state index is -1.43. The fourth-order valence-electron chi connectivity index (χ4n) is 1.47. The first-order valence-corrected chi connectivity index (χ1v) is 6.30. The van der Waals surface area contributed by atoms with Gasteiger partial charge >= 0.3 is 11.9 Å². The number of aliphatic hydroxyl groups is 4. The van der Waals surface area contributed by atoms with Crippen molar-refractivity contribution >= 4 is 11.9 Å². The Morgan fingerprint density at radius 3 is 2.62 bits per heavy atom. The molecule has 0 aromatic carbocycles. The Balaban J connectivity index is 2.67. The molecule has 3 unspecified atom stereocenters. The van der Waals surface area contributed by atoms with Crippen LogP contribution in [0.1, 0.15) is 13.3 Å². The van der Waals surface area contributed by atoms with E-state index < -0.39 is 55.8 Å². The van der Waals surface area contributed by atoms with Gasteiger partial charge in [0.1, 0.15) is 25.4 Å². The molecule has 0 amide bonds. The highest BCUT2D eigenvalue weighted by atomic mass is 16.6. The highest BCUT2D eigenvalue weighted by Crippen LogP contribution is 2.25. The molecule has 0 fully saturated rings. The summed E-state index contributed by atoms with van der Waals surface area (Å²) in [6.45, 7) is 0.128. The van der Waals surface area contributed by atoms with Crippen molar-refractivity contribution in [1.29, 1.82) is 0 Å². The molecule has 0 saturated heterocycles. The molecule has 0 saturated carbocycles. The topological polar surface area (TPSA) is 143 Å². The Bertz CT molecular complexity index is 417. The maximum Gasteiger partial charge on any atom is 0.378 e. The summed E-state index contributed by atoms with van der Waals surface area (Å²) in [5, 5.41) is 37.2. The lowest BCUT2D eigenvalue weighted by Crippen LogP contribution is -2.35. The Labute approximate surface area is 120 Å². The van der Waals surface area contributed by atoms with Gasteiger partial charge in [0.15, 0.2) is 11.9 Å². The third kappa shape index (κ3) is 4.59. The number of carbonyl (C=O) groups is 2. The molecule has 1 heterocycles. The highest BCUT2D eigenvalue weighted by molar-refractivity contribution is 5.89. The summed E-state index contributed by atoms with van der Waals surface area (Å²) in [5.74, 6) is -2.88. The number of hydrogen-bond acceptors (Lipinski definition) is 9. The Morgan fingerprint density at radius 2 is 2.05 bits per heavy atom. The summed E-state index contributed by atoms with van der Waals surface area (Å²) >= 11 is 0. The second kappa shape index (κ2) is 7.81. The zero-order valence-electron chi connectivity index (χ0n) is 11.4. The average molecular weight is 306 g/mol. The molecule has 1 rings (SSSR count). The van der Waals surface area contributed by atoms with Crippen molar-refractivity contribution in [1.82, 2.24) is 0 Å². The maximum absolute atomic E-state index is 11.3. The van der Waals surface area contributed by atoms with E-state index in [1.54, 1.807) is 6.92 Å². The number of cyclic esters (lactones) is 1. The van der Waals surface area contributed by atoms with Crippen molar-refractivity contribution in [2.45, 2.75) is 31.7 Å². The molecule has 0 radical (unpaired) electrons. The summed E-state index contributed by atoms with van der Waals surface area (Å²) in [5.41, 5.74) is 0. The second-order valence-electron chi connectivity index (χ2n) is 4.29. The Hall–Kier alpha value is -1.84. The van der Waals surface area contributed by atoms with Crippen molar-refractivity contribution < 1.29 is 44.2 Å². The predicted octanol–water partition coefficient (Wildman–Crippen LogP) is -1.63. The van der Waals surface area contributed by atoms with Crippen molar-refractivity contribution in [3.8, 4) is 0 Å². The Kier molecular flexibility index (Phi) is 6.40. The van der Waals surface area contributed by atoms with Crippen LogP contribution in [0, 0.1) is 0 Å². The first kappa shape index (κ1) is 17.2. The molecule has 1 aliphatic rings. The van der Waals surface area contributed by atoms with Crippen molar-refractivity contribution in [2.75, 3.05) is 19.8 Å². The quantitative estimate of drug-likeness (QED) is 0.388. The SMILES string of the molecule is CCC(=O)OCC(O)C1OC(=O)C(O)=C1OCC(O)CO. The normalized spacial score (nSPS) is 21.0. The fraction of sp³-hybridized carbons (Fsp3) is 0.667. The smallest absolute Gasteiger partial charge is 0.378 e. The number of rotatable bonds is 8. The fourth-order valence-corrected chi connectivity index (χ4v) is 1.47. The van der Waals surface area contributed by atoms with Gasteiger partial charge in [-0.2, -0.15) is 0 Å². The molecule has 0 aromatic rings. The van der Waals surface area contributed by atoms with Gasteiger partial charge in [0.05, 0.1) is 6.61 Å². The predicted molar refractivity (Wildman–Crippen MR) is 65.8 cm³/mol. The maximum atomic E-state index is 11.3. The van der Waals surface area contributed by atoms with E-state index in [4.69, 9.17) is 24.4 Å². The van der Waals surface area contributed by atoms with Gasteiger partial charge in [0.2, 0.25) is 5.76 Å². The Morgan fingerprint density at radius 1 is 1.38 bits per heavy atom. The van der Waals surface area contributed by atoms with Gasteiger partial charge in [-0.25, -0.2) is 4.79 Å². The van der Waals surface area contributed by atoms with Gasteiger partial charge in [-0.05, 0) is 0 Å². The second-order valence-corrected chi connectivity index (χ2v) is 4.29. The van der Waals surface area contributed by atoms with Gasteiger partial charge in [0, 0.05) is 6.42 Å². The minimum absolute atomic E-state index is 0.115. The van der Waals surface area contributed by atoms with Crippen LogP contribution < -0.4 is 0 Å². The van der Waals surface area contributed by atoms with E-state index in [1.165, 1.54) is 0 Å². The molecular formula is C12H18O9. The molecule has 0 aromatic heterocycles. The largest absolute Gasteiger partial charge is 0.499 e. The van der Waals surface area contributed by atoms with Gasteiger partial charge in [-0.3, -0.25) is 4.79 Å². The molecule has 3 atom stereocenters. The molecule has 21 heavy (non-hydrogen) atoms. The van der Waals surface area contributed by atoms with E-state index in [2.05, 4.69) is 0 Å². The third-order valence-corrected chi connectivity index (χ3v) is 2.61. The average Bonchev–Trinajstić information content (AvgIpc) is 2.77.